The predicted octanol–water partition coefficient (Wildman–Crippen LogP) is 3.84. The SMILES string of the molecule is CNc1ccccc1S(=O)(=O)Nc1cc(Cl)ccc1Cl. The van der Waals surface area contributed by atoms with Crippen LogP contribution in [0.2, 0.25) is 10.0 Å². The van der Waals surface area contributed by atoms with Crippen molar-refractivity contribution >= 4 is 44.6 Å². The van der Waals surface area contributed by atoms with Gasteiger partial charge in [-0.2, -0.15) is 0 Å². The maximum Gasteiger partial charge on any atom is 0.263 e. The molecule has 2 aromatic carbocycles. The van der Waals surface area contributed by atoms with Crippen LogP contribution in [0.3, 0.4) is 0 Å². The lowest BCUT2D eigenvalue weighted by Crippen LogP contribution is -2.15. The van der Waals surface area contributed by atoms with Crippen molar-refractivity contribution in [1.29, 1.82) is 0 Å². The van der Waals surface area contributed by atoms with Gasteiger partial charge >= 0.3 is 0 Å². The normalized spacial score (nSPS) is 11.2. The van der Waals surface area contributed by atoms with E-state index < -0.39 is 10.0 Å². The Morgan fingerprint density at radius 3 is 2.40 bits per heavy atom. The summed E-state index contributed by atoms with van der Waals surface area (Å²) in [5, 5.41) is 3.51. The summed E-state index contributed by atoms with van der Waals surface area (Å²) < 4.78 is 27.2. The molecule has 0 saturated heterocycles. The maximum absolute atomic E-state index is 12.4. The number of halogens is 2. The van der Waals surface area contributed by atoms with Crippen LogP contribution >= 0.6 is 23.2 Å². The highest BCUT2D eigenvalue weighted by molar-refractivity contribution is 7.92. The molecule has 0 bridgehead atoms. The molecule has 0 radical (unpaired) electrons. The fourth-order valence-electron chi connectivity index (χ4n) is 1.68. The molecule has 0 aliphatic carbocycles. The minimum Gasteiger partial charge on any atom is -0.387 e. The van der Waals surface area contributed by atoms with Gasteiger partial charge in [-0.3, -0.25) is 4.72 Å². The molecule has 2 N–H and O–H groups in total. The smallest absolute Gasteiger partial charge is 0.263 e. The molecule has 106 valence electrons. The summed E-state index contributed by atoms with van der Waals surface area (Å²) in [6.07, 6.45) is 0. The van der Waals surface area contributed by atoms with E-state index >= 15 is 0 Å². The van der Waals surface area contributed by atoms with Crippen LogP contribution in [-0.4, -0.2) is 15.5 Å². The van der Waals surface area contributed by atoms with Crippen molar-refractivity contribution in [2.75, 3.05) is 17.1 Å². The molecule has 20 heavy (non-hydrogen) atoms. The fraction of sp³-hybridized carbons (Fsp3) is 0.0769. The second-order valence-corrected chi connectivity index (χ2v) is 6.47. The van der Waals surface area contributed by atoms with Crippen LogP contribution in [-0.2, 0) is 10.0 Å². The minimum absolute atomic E-state index is 0.138. The number of hydrogen-bond acceptors (Lipinski definition) is 3. The number of sulfonamides is 1. The standard InChI is InChI=1S/C13H12Cl2N2O2S/c1-16-11-4-2-3-5-13(11)20(18,19)17-12-8-9(14)6-7-10(12)15/h2-8,16-17H,1H3. The largest absolute Gasteiger partial charge is 0.387 e. The lowest BCUT2D eigenvalue weighted by atomic mass is 10.3. The third-order valence-electron chi connectivity index (χ3n) is 2.62. The minimum atomic E-state index is -3.75. The van der Waals surface area contributed by atoms with E-state index in [1.165, 1.54) is 18.2 Å². The van der Waals surface area contributed by atoms with Gasteiger partial charge in [-0.25, -0.2) is 8.42 Å². The van der Waals surface area contributed by atoms with Crippen LogP contribution in [0, 0.1) is 0 Å². The molecule has 0 atom stereocenters. The van der Waals surface area contributed by atoms with Gasteiger partial charge in [-0.05, 0) is 30.3 Å². The number of benzene rings is 2. The molecule has 2 aromatic rings. The molecule has 0 aromatic heterocycles. The van der Waals surface area contributed by atoms with Crippen molar-refractivity contribution in [3.63, 3.8) is 0 Å². The lowest BCUT2D eigenvalue weighted by Gasteiger charge is -2.13. The Morgan fingerprint density at radius 2 is 1.70 bits per heavy atom. The molecule has 0 aliphatic heterocycles. The second kappa shape index (κ2) is 5.91. The summed E-state index contributed by atoms with van der Waals surface area (Å²) in [6, 6.07) is 11.2. The number of nitrogens with one attached hydrogen (secondary N) is 2. The van der Waals surface area contributed by atoms with Gasteiger partial charge in [0.2, 0.25) is 0 Å². The van der Waals surface area contributed by atoms with Gasteiger partial charge in [0.25, 0.3) is 10.0 Å². The van der Waals surface area contributed by atoms with E-state index in [0.29, 0.717) is 10.7 Å². The van der Waals surface area contributed by atoms with E-state index in [1.807, 2.05) is 0 Å². The average molecular weight is 331 g/mol. The third kappa shape index (κ3) is 3.17. The van der Waals surface area contributed by atoms with Gasteiger partial charge in [-0.1, -0.05) is 35.3 Å². The number of rotatable bonds is 4. The van der Waals surface area contributed by atoms with Crippen molar-refractivity contribution in [3.8, 4) is 0 Å². The zero-order valence-corrected chi connectivity index (χ0v) is 12.9. The molecule has 0 unspecified atom stereocenters. The molecule has 0 amide bonds. The van der Waals surface area contributed by atoms with Gasteiger partial charge in [0, 0.05) is 12.1 Å². The molecule has 0 heterocycles. The number of anilines is 2. The zero-order valence-electron chi connectivity index (χ0n) is 10.5. The molecule has 0 saturated carbocycles. The number of hydrogen-bond donors (Lipinski definition) is 2. The second-order valence-electron chi connectivity index (χ2n) is 3.98. The van der Waals surface area contributed by atoms with Crippen LogP contribution in [0.25, 0.3) is 0 Å². The van der Waals surface area contributed by atoms with Gasteiger partial charge in [0.1, 0.15) is 4.90 Å². The highest BCUT2D eigenvalue weighted by atomic mass is 35.5. The fourth-order valence-corrected chi connectivity index (χ4v) is 3.36. The predicted molar refractivity (Wildman–Crippen MR) is 83.3 cm³/mol. The first kappa shape index (κ1) is 15.0. The Morgan fingerprint density at radius 1 is 1.00 bits per heavy atom. The molecule has 4 nitrogen and oxygen atoms in total. The average Bonchev–Trinajstić information content (AvgIpc) is 2.42. The van der Waals surface area contributed by atoms with E-state index in [4.69, 9.17) is 23.2 Å². The van der Waals surface area contributed by atoms with E-state index in [1.54, 1.807) is 31.3 Å². The topological polar surface area (TPSA) is 58.2 Å². The summed E-state index contributed by atoms with van der Waals surface area (Å²) in [6.45, 7) is 0. The van der Waals surface area contributed by atoms with E-state index in [-0.39, 0.29) is 15.6 Å². The van der Waals surface area contributed by atoms with Crippen LogP contribution < -0.4 is 10.0 Å². The van der Waals surface area contributed by atoms with Crippen molar-refractivity contribution in [2.24, 2.45) is 0 Å². The molecular weight excluding hydrogens is 319 g/mol. The highest BCUT2D eigenvalue weighted by Crippen LogP contribution is 2.29. The maximum atomic E-state index is 12.4. The monoisotopic (exact) mass is 330 g/mol. The third-order valence-corrected chi connectivity index (χ3v) is 4.61. The van der Waals surface area contributed by atoms with Crippen molar-refractivity contribution in [1.82, 2.24) is 0 Å². The zero-order chi connectivity index (χ0) is 14.8. The van der Waals surface area contributed by atoms with Crippen molar-refractivity contribution in [2.45, 2.75) is 4.90 Å². The quantitative estimate of drug-likeness (QED) is 0.895. The summed E-state index contributed by atoms with van der Waals surface area (Å²) >= 11 is 11.8. The summed E-state index contributed by atoms with van der Waals surface area (Å²) in [4.78, 5) is 0.138. The number of para-hydroxylation sites is 1. The molecule has 0 aliphatic rings. The van der Waals surface area contributed by atoms with E-state index in [0.717, 1.165) is 0 Å². The van der Waals surface area contributed by atoms with Gasteiger partial charge < -0.3 is 5.32 Å². The Kier molecular flexibility index (Phi) is 4.42. The van der Waals surface area contributed by atoms with Crippen molar-refractivity contribution in [3.05, 3.63) is 52.5 Å². The van der Waals surface area contributed by atoms with Crippen LogP contribution in [0.15, 0.2) is 47.4 Å². The Labute approximate surface area is 127 Å². The first-order valence-electron chi connectivity index (χ1n) is 5.68. The molecule has 0 spiro atoms. The summed E-state index contributed by atoms with van der Waals surface area (Å²) in [5.41, 5.74) is 0.739. The van der Waals surface area contributed by atoms with E-state index in [9.17, 15) is 8.42 Å². The van der Waals surface area contributed by atoms with Crippen molar-refractivity contribution < 1.29 is 8.42 Å². The first-order chi connectivity index (χ1) is 9.44. The Bertz CT molecular complexity index is 733. The van der Waals surface area contributed by atoms with Crippen LogP contribution in [0.4, 0.5) is 11.4 Å². The summed E-state index contributed by atoms with van der Waals surface area (Å²) in [5.74, 6) is 0. The molecule has 7 heteroatoms. The summed E-state index contributed by atoms with van der Waals surface area (Å²) in [7, 11) is -2.10. The molecule has 2 rings (SSSR count). The molecule has 0 fully saturated rings. The molecular formula is C13H12Cl2N2O2S. The lowest BCUT2D eigenvalue weighted by molar-refractivity contribution is 0.601. The van der Waals surface area contributed by atoms with Crippen LogP contribution in [0.1, 0.15) is 0 Å². The Hall–Kier alpha value is -1.43. The van der Waals surface area contributed by atoms with E-state index in [2.05, 4.69) is 10.0 Å². The van der Waals surface area contributed by atoms with Crippen LogP contribution in [0.5, 0.6) is 0 Å². The highest BCUT2D eigenvalue weighted by Gasteiger charge is 2.19. The van der Waals surface area contributed by atoms with Gasteiger partial charge in [0.15, 0.2) is 0 Å². The van der Waals surface area contributed by atoms with Gasteiger partial charge in [0.05, 0.1) is 16.4 Å². The Balaban J connectivity index is 2.43. The first-order valence-corrected chi connectivity index (χ1v) is 7.92. The van der Waals surface area contributed by atoms with Gasteiger partial charge in [-0.15, -0.1) is 0 Å².